The van der Waals surface area contributed by atoms with Gasteiger partial charge in [-0.1, -0.05) is 0 Å². The van der Waals surface area contributed by atoms with Crippen molar-refractivity contribution in [3.63, 3.8) is 0 Å². The van der Waals surface area contributed by atoms with Crippen LogP contribution in [0.15, 0.2) is 36.3 Å². The quantitative estimate of drug-likeness (QED) is 0.502. The molecule has 0 spiro atoms. The number of carbonyl (C=O) groups is 2. The number of nitrogens with one attached hydrogen (secondary N) is 1. The number of aromatic nitrogens is 1. The molecule has 0 bridgehead atoms. The fourth-order valence-electron chi connectivity index (χ4n) is 2.49. The summed E-state index contributed by atoms with van der Waals surface area (Å²) in [6, 6.07) is 5.46. The number of ether oxygens (including phenoxy) is 1. The second-order valence-electron chi connectivity index (χ2n) is 5.37. The van der Waals surface area contributed by atoms with Crippen LogP contribution < -0.4 is 5.32 Å². The first kappa shape index (κ1) is 17.5. The Bertz CT molecular complexity index is 644. The lowest BCUT2D eigenvalue weighted by Gasteiger charge is -2.30. The highest BCUT2D eigenvalue weighted by Crippen LogP contribution is 2.20. The molecule has 0 atom stereocenters. The summed E-state index contributed by atoms with van der Waals surface area (Å²) < 4.78 is 5.01. The molecule has 1 aromatic heterocycles. The molecule has 1 fully saturated rings. The van der Waals surface area contributed by atoms with E-state index in [1.807, 2.05) is 6.07 Å². The van der Waals surface area contributed by atoms with Crippen LogP contribution in [0.1, 0.15) is 19.8 Å². The smallest absolute Gasteiger partial charge is 0.309 e. The van der Waals surface area contributed by atoms with E-state index in [0.29, 0.717) is 38.2 Å². The molecule has 7 heteroatoms. The van der Waals surface area contributed by atoms with Gasteiger partial charge in [0.2, 0.25) is 0 Å². The molecule has 2 heterocycles. The van der Waals surface area contributed by atoms with Crippen LogP contribution >= 0.6 is 0 Å². The number of anilines is 1. The lowest BCUT2D eigenvalue weighted by atomic mass is 9.96. The minimum atomic E-state index is -0.337. The van der Waals surface area contributed by atoms with Crippen molar-refractivity contribution in [1.29, 1.82) is 5.26 Å². The van der Waals surface area contributed by atoms with Gasteiger partial charge in [-0.25, -0.2) is 0 Å². The standard InChI is InChI=1S/C17H20N4O3/c1-2-24-17(23)13-5-8-21(9-6-13)16(22)14(10-18)11-20-15-4-3-7-19-12-15/h3-4,7,11-13,20H,2,5-6,8-9H2,1H3/b14-11-. The van der Waals surface area contributed by atoms with E-state index in [4.69, 9.17) is 4.74 Å². The predicted molar refractivity (Wildman–Crippen MR) is 87.5 cm³/mol. The topological polar surface area (TPSA) is 95.3 Å². The van der Waals surface area contributed by atoms with Crippen LogP contribution in [-0.4, -0.2) is 41.5 Å². The molecule has 2 rings (SSSR count). The number of esters is 1. The van der Waals surface area contributed by atoms with Crippen LogP contribution in [0.4, 0.5) is 5.69 Å². The van der Waals surface area contributed by atoms with Gasteiger partial charge >= 0.3 is 5.97 Å². The van der Waals surface area contributed by atoms with Crippen LogP contribution in [0, 0.1) is 17.2 Å². The maximum absolute atomic E-state index is 12.4. The molecule has 24 heavy (non-hydrogen) atoms. The Morgan fingerprint density at radius 3 is 2.83 bits per heavy atom. The van der Waals surface area contributed by atoms with Gasteiger partial charge in [-0.15, -0.1) is 0 Å². The number of rotatable bonds is 5. The lowest BCUT2D eigenvalue weighted by molar-refractivity contribution is -0.150. The molecule has 1 aliphatic heterocycles. The second-order valence-corrected chi connectivity index (χ2v) is 5.37. The Kier molecular flexibility index (Phi) is 6.32. The maximum Gasteiger partial charge on any atom is 0.309 e. The molecule has 0 aliphatic carbocycles. The minimum absolute atomic E-state index is 0.0217. The summed E-state index contributed by atoms with van der Waals surface area (Å²) in [7, 11) is 0. The number of pyridine rings is 1. The summed E-state index contributed by atoms with van der Waals surface area (Å²) in [5.74, 6) is -0.716. The van der Waals surface area contributed by atoms with Crippen LogP contribution in [0.3, 0.4) is 0 Å². The third-order valence-electron chi connectivity index (χ3n) is 3.80. The molecular formula is C17H20N4O3. The average molecular weight is 328 g/mol. The molecule has 1 N–H and O–H groups in total. The summed E-state index contributed by atoms with van der Waals surface area (Å²) >= 11 is 0. The average Bonchev–Trinajstić information content (AvgIpc) is 2.63. The largest absolute Gasteiger partial charge is 0.466 e. The molecule has 0 unspecified atom stereocenters. The molecule has 1 aromatic rings. The molecule has 0 radical (unpaired) electrons. The Morgan fingerprint density at radius 1 is 1.50 bits per heavy atom. The summed E-state index contributed by atoms with van der Waals surface area (Å²) in [5, 5.41) is 12.1. The van der Waals surface area contributed by atoms with E-state index in [2.05, 4.69) is 10.3 Å². The van der Waals surface area contributed by atoms with Gasteiger partial charge in [-0.05, 0) is 31.9 Å². The highest BCUT2D eigenvalue weighted by molar-refractivity contribution is 5.97. The van der Waals surface area contributed by atoms with Crippen LogP contribution in [0.5, 0.6) is 0 Å². The zero-order chi connectivity index (χ0) is 17.4. The number of hydrogen-bond acceptors (Lipinski definition) is 6. The van der Waals surface area contributed by atoms with Crippen molar-refractivity contribution >= 4 is 17.6 Å². The van der Waals surface area contributed by atoms with Gasteiger partial charge < -0.3 is 15.0 Å². The third-order valence-corrected chi connectivity index (χ3v) is 3.80. The van der Waals surface area contributed by atoms with Crippen molar-refractivity contribution in [1.82, 2.24) is 9.88 Å². The Morgan fingerprint density at radius 2 is 2.25 bits per heavy atom. The van der Waals surface area contributed by atoms with E-state index in [-0.39, 0.29) is 23.4 Å². The van der Waals surface area contributed by atoms with Crippen LogP contribution in [0.25, 0.3) is 0 Å². The number of carbonyl (C=O) groups excluding carboxylic acids is 2. The first-order valence-electron chi connectivity index (χ1n) is 7.88. The Hall–Kier alpha value is -2.88. The number of nitriles is 1. The van der Waals surface area contributed by atoms with E-state index >= 15 is 0 Å². The summed E-state index contributed by atoms with van der Waals surface area (Å²) in [4.78, 5) is 29.7. The normalized spacial score (nSPS) is 15.5. The molecule has 0 aromatic carbocycles. The predicted octanol–water partition coefficient (Wildman–Crippen LogP) is 1.70. The molecular weight excluding hydrogens is 308 g/mol. The Balaban J connectivity index is 1.93. The van der Waals surface area contributed by atoms with E-state index in [9.17, 15) is 14.9 Å². The fourth-order valence-corrected chi connectivity index (χ4v) is 2.49. The molecule has 1 saturated heterocycles. The number of piperidine rings is 1. The highest BCUT2D eigenvalue weighted by Gasteiger charge is 2.29. The van der Waals surface area contributed by atoms with E-state index in [1.54, 1.807) is 36.4 Å². The first-order chi connectivity index (χ1) is 11.7. The summed E-state index contributed by atoms with van der Waals surface area (Å²) in [5.41, 5.74) is 0.715. The number of amides is 1. The van der Waals surface area contributed by atoms with Gasteiger partial charge in [-0.3, -0.25) is 14.6 Å². The van der Waals surface area contributed by atoms with Crippen molar-refractivity contribution in [2.24, 2.45) is 5.92 Å². The van der Waals surface area contributed by atoms with Crippen molar-refractivity contribution in [3.8, 4) is 6.07 Å². The maximum atomic E-state index is 12.4. The number of hydrogen-bond donors (Lipinski definition) is 1. The second kappa shape index (κ2) is 8.67. The monoisotopic (exact) mass is 328 g/mol. The lowest BCUT2D eigenvalue weighted by Crippen LogP contribution is -2.41. The summed E-state index contributed by atoms with van der Waals surface area (Å²) in [6.07, 6.45) is 5.73. The van der Waals surface area contributed by atoms with Gasteiger partial charge in [0.05, 0.1) is 24.4 Å². The highest BCUT2D eigenvalue weighted by atomic mass is 16.5. The minimum Gasteiger partial charge on any atom is -0.466 e. The third kappa shape index (κ3) is 4.56. The fraction of sp³-hybridized carbons (Fsp3) is 0.412. The number of nitrogens with zero attached hydrogens (tertiary/aromatic N) is 3. The van der Waals surface area contributed by atoms with Gasteiger partial charge in [0, 0.05) is 25.5 Å². The zero-order valence-electron chi connectivity index (χ0n) is 13.6. The van der Waals surface area contributed by atoms with Crippen LogP contribution in [0.2, 0.25) is 0 Å². The van der Waals surface area contributed by atoms with Gasteiger partial charge in [-0.2, -0.15) is 5.26 Å². The van der Waals surface area contributed by atoms with Crippen molar-refractivity contribution in [2.75, 3.05) is 25.0 Å². The zero-order valence-corrected chi connectivity index (χ0v) is 13.6. The molecule has 126 valence electrons. The van der Waals surface area contributed by atoms with Crippen molar-refractivity contribution in [2.45, 2.75) is 19.8 Å². The number of likely N-dealkylation sites (tertiary alicyclic amines) is 1. The van der Waals surface area contributed by atoms with E-state index < -0.39 is 0 Å². The molecule has 0 saturated carbocycles. The van der Waals surface area contributed by atoms with Gasteiger partial charge in [0.1, 0.15) is 11.6 Å². The van der Waals surface area contributed by atoms with Crippen molar-refractivity contribution in [3.05, 3.63) is 36.3 Å². The van der Waals surface area contributed by atoms with Crippen molar-refractivity contribution < 1.29 is 14.3 Å². The molecule has 7 nitrogen and oxygen atoms in total. The SMILES string of the molecule is CCOC(=O)C1CCN(C(=O)/C(C#N)=C\Nc2cccnc2)CC1. The van der Waals surface area contributed by atoms with E-state index in [0.717, 1.165) is 0 Å². The molecule has 1 amide bonds. The van der Waals surface area contributed by atoms with Gasteiger partial charge in [0.15, 0.2) is 0 Å². The van der Waals surface area contributed by atoms with Gasteiger partial charge in [0.25, 0.3) is 5.91 Å². The molecule has 1 aliphatic rings. The van der Waals surface area contributed by atoms with E-state index in [1.165, 1.54) is 6.20 Å². The first-order valence-corrected chi connectivity index (χ1v) is 7.88. The summed E-state index contributed by atoms with van der Waals surface area (Å²) in [6.45, 7) is 3.01. The van der Waals surface area contributed by atoms with Crippen LogP contribution in [-0.2, 0) is 14.3 Å². The Labute approximate surface area is 140 Å².